The van der Waals surface area contributed by atoms with Crippen molar-refractivity contribution in [1.82, 2.24) is 20.0 Å². The van der Waals surface area contributed by atoms with Crippen LogP contribution in [0.4, 0.5) is 14.6 Å². The lowest BCUT2D eigenvalue weighted by atomic mass is 10.1. The van der Waals surface area contributed by atoms with E-state index >= 15 is 0 Å². The maximum absolute atomic E-state index is 13.5. The molecule has 1 fully saturated rings. The Balaban J connectivity index is 1.32. The lowest BCUT2D eigenvalue weighted by Gasteiger charge is -2.17. The van der Waals surface area contributed by atoms with Crippen molar-refractivity contribution < 1.29 is 18.1 Å². The summed E-state index contributed by atoms with van der Waals surface area (Å²) in [5, 5.41) is 7.33. The summed E-state index contributed by atoms with van der Waals surface area (Å²) < 4.78 is 32.2. The largest absolute Gasteiger partial charge is 0.364 e. The predicted octanol–water partition coefficient (Wildman–Crippen LogP) is 4.20. The highest BCUT2D eigenvalue weighted by molar-refractivity contribution is 6.01. The molecular weight excluding hydrogens is 416 g/mol. The van der Waals surface area contributed by atoms with Gasteiger partial charge in [0.2, 0.25) is 0 Å². The minimum atomic E-state index is -0.972. The lowest BCUT2D eigenvalue weighted by molar-refractivity contribution is 0.0790. The van der Waals surface area contributed by atoms with Crippen molar-refractivity contribution in [1.29, 1.82) is 0 Å². The van der Waals surface area contributed by atoms with Crippen molar-refractivity contribution in [2.45, 2.75) is 19.4 Å². The Morgan fingerprint density at radius 2 is 1.91 bits per heavy atom. The Bertz CT molecular complexity index is 1310. The van der Waals surface area contributed by atoms with Gasteiger partial charge in [-0.2, -0.15) is 0 Å². The third-order valence-electron chi connectivity index (χ3n) is 5.54. The molecule has 1 saturated heterocycles. The fourth-order valence-electron chi connectivity index (χ4n) is 3.92. The summed E-state index contributed by atoms with van der Waals surface area (Å²) in [6.45, 7) is 2.73. The van der Waals surface area contributed by atoms with Crippen molar-refractivity contribution in [3.8, 4) is 11.3 Å². The molecule has 32 heavy (non-hydrogen) atoms. The number of hydrogen-bond acceptors (Lipinski definition) is 6. The monoisotopic (exact) mass is 435 g/mol. The number of halogens is 2. The number of fused-ring (bicyclic) bond motifs is 1. The van der Waals surface area contributed by atoms with Crippen LogP contribution in [-0.2, 0) is 0 Å². The summed E-state index contributed by atoms with van der Waals surface area (Å²) in [5.74, 6) is -1.17. The Morgan fingerprint density at radius 1 is 1.16 bits per heavy atom. The van der Waals surface area contributed by atoms with Crippen LogP contribution in [0.2, 0.25) is 0 Å². The van der Waals surface area contributed by atoms with Gasteiger partial charge >= 0.3 is 0 Å². The molecule has 1 N–H and O–H groups in total. The van der Waals surface area contributed by atoms with Crippen LogP contribution >= 0.6 is 0 Å². The SMILES string of the molecule is Cc1onc(-c2ccccc2)c1C(=O)N1CC[C@@H](Nc2cnc3cc(F)c(F)cc3n2)C1. The summed E-state index contributed by atoms with van der Waals surface area (Å²) in [6, 6.07) is 11.4. The number of likely N-dealkylation sites (tertiary alicyclic amines) is 1. The molecule has 3 heterocycles. The van der Waals surface area contributed by atoms with Gasteiger partial charge in [-0.25, -0.2) is 13.8 Å². The molecule has 1 aliphatic heterocycles. The second-order valence-electron chi connectivity index (χ2n) is 7.72. The summed E-state index contributed by atoms with van der Waals surface area (Å²) in [6.07, 6.45) is 2.18. The molecular formula is C23H19F2N5O2. The van der Waals surface area contributed by atoms with Crippen LogP contribution in [0.3, 0.4) is 0 Å². The van der Waals surface area contributed by atoms with E-state index in [9.17, 15) is 13.6 Å². The Labute approximate surface area is 182 Å². The number of carbonyl (C=O) groups is 1. The number of hydrogen-bond donors (Lipinski definition) is 1. The zero-order chi connectivity index (χ0) is 22.2. The average Bonchev–Trinajstić information content (AvgIpc) is 3.41. The summed E-state index contributed by atoms with van der Waals surface area (Å²) >= 11 is 0. The van der Waals surface area contributed by atoms with Crippen LogP contribution in [0.25, 0.3) is 22.3 Å². The van der Waals surface area contributed by atoms with Gasteiger partial charge in [0, 0.05) is 36.8 Å². The van der Waals surface area contributed by atoms with Crippen LogP contribution < -0.4 is 5.32 Å². The van der Waals surface area contributed by atoms with Gasteiger partial charge in [-0.05, 0) is 13.3 Å². The van der Waals surface area contributed by atoms with Crippen LogP contribution in [0.1, 0.15) is 22.5 Å². The van der Waals surface area contributed by atoms with E-state index in [1.54, 1.807) is 11.8 Å². The number of carbonyl (C=O) groups excluding carboxylic acids is 1. The third kappa shape index (κ3) is 3.66. The van der Waals surface area contributed by atoms with Crippen LogP contribution in [0.5, 0.6) is 0 Å². The highest BCUT2D eigenvalue weighted by Gasteiger charge is 2.31. The first-order valence-corrected chi connectivity index (χ1v) is 10.2. The highest BCUT2D eigenvalue weighted by Crippen LogP contribution is 2.28. The number of aromatic nitrogens is 3. The van der Waals surface area contributed by atoms with E-state index in [1.807, 2.05) is 30.3 Å². The minimum Gasteiger partial charge on any atom is -0.364 e. The van der Waals surface area contributed by atoms with E-state index in [0.717, 1.165) is 17.7 Å². The first-order chi connectivity index (χ1) is 15.5. The van der Waals surface area contributed by atoms with Crippen LogP contribution in [-0.4, -0.2) is 45.1 Å². The molecule has 0 spiro atoms. The van der Waals surface area contributed by atoms with Crippen LogP contribution in [0.15, 0.2) is 53.2 Å². The average molecular weight is 435 g/mol. The molecule has 2 aromatic carbocycles. The topological polar surface area (TPSA) is 84.2 Å². The summed E-state index contributed by atoms with van der Waals surface area (Å²) in [4.78, 5) is 23.5. The second-order valence-corrected chi connectivity index (χ2v) is 7.72. The van der Waals surface area contributed by atoms with E-state index in [4.69, 9.17) is 4.52 Å². The van der Waals surface area contributed by atoms with E-state index in [-0.39, 0.29) is 23.0 Å². The minimum absolute atomic E-state index is 0.0589. The standard InChI is InChI=1S/C23H19F2N5O2/c1-13-21(22(29-32-13)14-5-3-2-4-6-14)23(31)30-8-7-15(12-30)27-20-11-26-18-9-16(24)17(25)10-19(18)28-20/h2-6,9-11,15H,7-8,12H2,1H3,(H,27,28)/t15-/m1/s1. The molecule has 162 valence electrons. The molecule has 1 atom stereocenters. The summed E-state index contributed by atoms with van der Waals surface area (Å²) in [5.41, 5.74) is 2.33. The van der Waals surface area contributed by atoms with E-state index in [1.165, 1.54) is 6.20 Å². The van der Waals surface area contributed by atoms with E-state index in [0.29, 0.717) is 42.3 Å². The van der Waals surface area contributed by atoms with Gasteiger partial charge in [0.15, 0.2) is 11.6 Å². The number of nitrogens with zero attached hydrogens (tertiary/aromatic N) is 4. The molecule has 0 unspecified atom stereocenters. The number of rotatable bonds is 4. The van der Waals surface area contributed by atoms with Gasteiger partial charge < -0.3 is 14.7 Å². The number of nitrogens with one attached hydrogen (secondary N) is 1. The molecule has 0 radical (unpaired) electrons. The number of aryl methyl sites for hydroxylation is 1. The maximum atomic E-state index is 13.5. The molecule has 0 saturated carbocycles. The van der Waals surface area contributed by atoms with Crippen molar-refractivity contribution in [2.24, 2.45) is 0 Å². The van der Waals surface area contributed by atoms with Gasteiger partial charge in [-0.15, -0.1) is 0 Å². The maximum Gasteiger partial charge on any atom is 0.259 e. The molecule has 4 aromatic rings. The first-order valence-electron chi connectivity index (χ1n) is 10.2. The molecule has 0 bridgehead atoms. The normalized spacial score (nSPS) is 16.0. The van der Waals surface area contributed by atoms with E-state index < -0.39 is 11.6 Å². The molecule has 7 nitrogen and oxygen atoms in total. The van der Waals surface area contributed by atoms with Crippen LogP contribution in [0, 0.1) is 18.6 Å². The molecule has 1 amide bonds. The fraction of sp³-hybridized carbons (Fsp3) is 0.217. The predicted molar refractivity (Wildman–Crippen MR) is 114 cm³/mol. The smallest absolute Gasteiger partial charge is 0.259 e. The highest BCUT2D eigenvalue weighted by atomic mass is 19.2. The van der Waals surface area contributed by atoms with Gasteiger partial charge in [-0.3, -0.25) is 9.78 Å². The van der Waals surface area contributed by atoms with Gasteiger partial charge in [-0.1, -0.05) is 35.5 Å². The Morgan fingerprint density at radius 3 is 2.69 bits per heavy atom. The summed E-state index contributed by atoms with van der Waals surface area (Å²) in [7, 11) is 0. The zero-order valence-corrected chi connectivity index (χ0v) is 17.2. The van der Waals surface area contributed by atoms with Gasteiger partial charge in [0.1, 0.15) is 22.8 Å². The van der Waals surface area contributed by atoms with Crippen molar-refractivity contribution in [3.05, 3.63) is 71.6 Å². The lowest BCUT2D eigenvalue weighted by Crippen LogP contribution is -2.32. The number of benzene rings is 2. The van der Waals surface area contributed by atoms with E-state index in [2.05, 4.69) is 20.4 Å². The quantitative estimate of drug-likeness (QED) is 0.517. The third-order valence-corrected chi connectivity index (χ3v) is 5.54. The molecule has 2 aromatic heterocycles. The molecule has 5 rings (SSSR count). The van der Waals surface area contributed by atoms with Crippen molar-refractivity contribution in [2.75, 3.05) is 18.4 Å². The second kappa shape index (κ2) is 7.99. The number of anilines is 1. The van der Waals surface area contributed by atoms with Crippen molar-refractivity contribution >= 4 is 22.8 Å². The van der Waals surface area contributed by atoms with Gasteiger partial charge in [0.25, 0.3) is 5.91 Å². The first kappa shape index (κ1) is 20.0. The molecule has 0 aliphatic carbocycles. The van der Waals surface area contributed by atoms with Gasteiger partial charge in [0.05, 0.1) is 17.2 Å². The van der Waals surface area contributed by atoms with Crippen molar-refractivity contribution in [3.63, 3.8) is 0 Å². The fourth-order valence-corrected chi connectivity index (χ4v) is 3.92. The zero-order valence-electron chi connectivity index (χ0n) is 17.2. The Hall–Kier alpha value is -3.88. The Kier molecular flexibility index (Phi) is 5.01. The molecule has 1 aliphatic rings. The number of amides is 1. The molecule has 9 heteroatoms.